The van der Waals surface area contributed by atoms with Crippen LogP contribution in [0.2, 0.25) is 4.34 Å². The van der Waals surface area contributed by atoms with Crippen molar-refractivity contribution >= 4 is 44.8 Å². The molecule has 1 aliphatic heterocycles. The molecule has 1 aliphatic rings. The first-order valence-corrected chi connectivity index (χ1v) is 9.26. The monoisotopic (exact) mass is 414 g/mol. The molecular weight excluding hydrogens is 400 g/mol. The van der Waals surface area contributed by atoms with Gasteiger partial charge in [-0.1, -0.05) is 27.5 Å². The maximum atomic E-state index is 12.6. The number of hydrogen-bond donors (Lipinski definition) is 1. The van der Waals surface area contributed by atoms with Gasteiger partial charge in [0.1, 0.15) is 5.75 Å². The number of benzene rings is 1. The van der Waals surface area contributed by atoms with E-state index >= 15 is 0 Å². The predicted molar refractivity (Wildman–Crippen MR) is 96.3 cm³/mol. The largest absolute Gasteiger partial charge is 0.507 e. The van der Waals surface area contributed by atoms with Gasteiger partial charge in [-0.15, -0.1) is 11.3 Å². The minimum absolute atomic E-state index is 0.0221. The molecule has 0 atom stereocenters. The lowest BCUT2D eigenvalue weighted by Crippen LogP contribution is -2.48. The number of carbonyl (C=O) groups excluding carboxylic acids is 1. The summed E-state index contributed by atoms with van der Waals surface area (Å²) in [5.74, 6) is -0.100. The summed E-state index contributed by atoms with van der Waals surface area (Å²) >= 11 is 10.9. The van der Waals surface area contributed by atoms with Gasteiger partial charge in [-0.2, -0.15) is 0 Å². The minimum atomic E-state index is -0.123. The number of aromatic hydroxyl groups is 1. The summed E-state index contributed by atoms with van der Waals surface area (Å²) in [6.07, 6.45) is 0. The maximum Gasteiger partial charge on any atom is 0.257 e. The van der Waals surface area contributed by atoms with Crippen molar-refractivity contribution in [2.45, 2.75) is 6.54 Å². The van der Waals surface area contributed by atoms with Crippen molar-refractivity contribution in [1.29, 1.82) is 0 Å². The van der Waals surface area contributed by atoms with Crippen LogP contribution in [0.25, 0.3) is 0 Å². The van der Waals surface area contributed by atoms with Crippen molar-refractivity contribution < 1.29 is 9.90 Å². The Bertz CT molecular complexity index is 714. The highest BCUT2D eigenvalue weighted by atomic mass is 79.9. The smallest absolute Gasteiger partial charge is 0.257 e. The van der Waals surface area contributed by atoms with E-state index in [1.807, 2.05) is 12.1 Å². The number of rotatable bonds is 3. The third-order valence-corrected chi connectivity index (χ3v) is 5.57. The zero-order chi connectivity index (χ0) is 16.4. The number of nitrogens with zero attached hydrogens (tertiary/aromatic N) is 2. The number of phenolic OH excluding ortho intramolecular Hbond substituents is 1. The topological polar surface area (TPSA) is 43.8 Å². The molecule has 4 nitrogen and oxygen atoms in total. The Balaban J connectivity index is 1.60. The second-order valence-corrected chi connectivity index (χ2v) is 8.15. The van der Waals surface area contributed by atoms with Crippen LogP contribution in [-0.4, -0.2) is 47.0 Å². The molecule has 0 spiro atoms. The molecule has 0 aliphatic carbocycles. The molecule has 1 aromatic carbocycles. The van der Waals surface area contributed by atoms with Gasteiger partial charge in [0.05, 0.1) is 9.90 Å². The van der Waals surface area contributed by atoms with Gasteiger partial charge in [-0.05, 0) is 30.3 Å². The first-order valence-electron chi connectivity index (χ1n) is 7.27. The number of carbonyl (C=O) groups is 1. The number of phenols is 1. The first kappa shape index (κ1) is 16.8. The molecule has 1 saturated heterocycles. The normalized spacial score (nSPS) is 15.8. The summed E-state index contributed by atoms with van der Waals surface area (Å²) in [4.78, 5) is 17.9. The van der Waals surface area contributed by atoms with Crippen LogP contribution in [0.3, 0.4) is 0 Å². The Morgan fingerprint density at radius 3 is 2.61 bits per heavy atom. The van der Waals surface area contributed by atoms with Gasteiger partial charge in [0, 0.05) is 42.1 Å². The fourth-order valence-electron chi connectivity index (χ4n) is 2.62. The van der Waals surface area contributed by atoms with E-state index in [-0.39, 0.29) is 11.7 Å². The standard InChI is InChI=1S/C16H16BrClN2O2S/c17-11-1-3-14(21)13(9-11)16(22)20-7-5-19(6-8-20)10-12-2-4-15(18)23-12/h1-4,9,21H,5-8,10H2. The Morgan fingerprint density at radius 2 is 1.96 bits per heavy atom. The molecule has 3 rings (SSSR count). The summed E-state index contributed by atoms with van der Waals surface area (Å²) < 4.78 is 1.59. The summed E-state index contributed by atoms with van der Waals surface area (Å²) in [7, 11) is 0. The maximum absolute atomic E-state index is 12.6. The first-order chi connectivity index (χ1) is 11.0. The van der Waals surface area contributed by atoms with E-state index in [2.05, 4.69) is 20.8 Å². The van der Waals surface area contributed by atoms with Crippen LogP contribution < -0.4 is 0 Å². The molecule has 2 heterocycles. The summed E-state index contributed by atoms with van der Waals surface area (Å²) in [6.45, 7) is 3.81. The predicted octanol–water partition coefficient (Wildman–Crippen LogP) is 3.83. The Hall–Kier alpha value is -1.08. The van der Waals surface area contributed by atoms with E-state index in [1.165, 1.54) is 10.9 Å². The number of piperazine rings is 1. The highest BCUT2D eigenvalue weighted by Gasteiger charge is 2.24. The summed E-state index contributed by atoms with van der Waals surface area (Å²) in [5.41, 5.74) is 0.345. The molecule has 0 saturated carbocycles. The van der Waals surface area contributed by atoms with Crippen LogP contribution in [0, 0.1) is 0 Å². The average Bonchev–Trinajstić information content (AvgIpc) is 2.95. The molecule has 0 unspecified atom stereocenters. The highest BCUT2D eigenvalue weighted by Crippen LogP contribution is 2.25. The van der Waals surface area contributed by atoms with Crippen LogP contribution in [0.4, 0.5) is 0 Å². The quantitative estimate of drug-likeness (QED) is 0.828. The second kappa shape index (κ2) is 7.21. The van der Waals surface area contributed by atoms with E-state index < -0.39 is 0 Å². The van der Waals surface area contributed by atoms with Crippen LogP contribution in [-0.2, 0) is 6.54 Å². The lowest BCUT2D eigenvalue weighted by Gasteiger charge is -2.34. The van der Waals surface area contributed by atoms with Gasteiger partial charge >= 0.3 is 0 Å². The van der Waals surface area contributed by atoms with Crippen LogP contribution in [0.1, 0.15) is 15.2 Å². The number of amides is 1. The molecule has 122 valence electrons. The molecule has 1 amide bonds. The van der Waals surface area contributed by atoms with Crippen molar-refractivity contribution in [1.82, 2.24) is 9.80 Å². The summed E-state index contributed by atoms with van der Waals surface area (Å²) in [6, 6.07) is 8.88. The van der Waals surface area contributed by atoms with Gasteiger partial charge in [0.25, 0.3) is 5.91 Å². The molecular formula is C16H16BrClN2O2S. The van der Waals surface area contributed by atoms with E-state index in [1.54, 1.807) is 28.4 Å². The summed E-state index contributed by atoms with van der Waals surface area (Å²) in [5, 5.41) is 9.90. The zero-order valence-corrected chi connectivity index (χ0v) is 15.5. The lowest BCUT2D eigenvalue weighted by atomic mass is 10.1. The van der Waals surface area contributed by atoms with E-state index in [4.69, 9.17) is 11.6 Å². The van der Waals surface area contributed by atoms with Crippen molar-refractivity contribution in [3.05, 3.63) is 49.6 Å². The fourth-order valence-corrected chi connectivity index (χ4v) is 4.11. The van der Waals surface area contributed by atoms with Gasteiger partial charge in [0.2, 0.25) is 0 Å². The number of thiophene rings is 1. The molecule has 2 aromatic rings. The van der Waals surface area contributed by atoms with Gasteiger partial charge in [-0.25, -0.2) is 0 Å². The van der Waals surface area contributed by atoms with Crippen molar-refractivity contribution in [2.24, 2.45) is 0 Å². The van der Waals surface area contributed by atoms with Crippen LogP contribution in [0.15, 0.2) is 34.8 Å². The van der Waals surface area contributed by atoms with Crippen molar-refractivity contribution in [2.75, 3.05) is 26.2 Å². The Labute approximate surface area is 152 Å². The van der Waals surface area contributed by atoms with Gasteiger partial charge in [-0.3, -0.25) is 9.69 Å². The SMILES string of the molecule is O=C(c1cc(Br)ccc1O)N1CCN(Cc2ccc(Cl)s2)CC1. The molecule has 7 heteroatoms. The van der Waals surface area contributed by atoms with E-state index in [0.29, 0.717) is 18.7 Å². The minimum Gasteiger partial charge on any atom is -0.507 e. The van der Waals surface area contributed by atoms with Crippen LogP contribution in [0.5, 0.6) is 5.75 Å². The van der Waals surface area contributed by atoms with Crippen molar-refractivity contribution in [3.8, 4) is 5.75 Å². The van der Waals surface area contributed by atoms with E-state index in [0.717, 1.165) is 28.4 Å². The van der Waals surface area contributed by atoms with Gasteiger partial charge in [0.15, 0.2) is 0 Å². The van der Waals surface area contributed by atoms with Gasteiger partial charge < -0.3 is 10.0 Å². The molecule has 1 fully saturated rings. The molecule has 23 heavy (non-hydrogen) atoms. The second-order valence-electron chi connectivity index (χ2n) is 5.44. The lowest BCUT2D eigenvalue weighted by molar-refractivity contribution is 0.0626. The van der Waals surface area contributed by atoms with Crippen molar-refractivity contribution in [3.63, 3.8) is 0 Å². The van der Waals surface area contributed by atoms with Crippen LogP contribution >= 0.6 is 38.9 Å². The fraction of sp³-hybridized carbons (Fsp3) is 0.312. The Morgan fingerprint density at radius 1 is 1.22 bits per heavy atom. The number of hydrogen-bond acceptors (Lipinski definition) is 4. The Kier molecular flexibility index (Phi) is 5.26. The zero-order valence-electron chi connectivity index (χ0n) is 12.3. The molecule has 0 bridgehead atoms. The van der Waals surface area contributed by atoms with E-state index in [9.17, 15) is 9.90 Å². The molecule has 1 aromatic heterocycles. The third-order valence-electron chi connectivity index (χ3n) is 3.86. The average molecular weight is 416 g/mol. The molecule has 0 radical (unpaired) electrons. The third kappa shape index (κ3) is 4.07. The highest BCUT2D eigenvalue weighted by molar-refractivity contribution is 9.10. The number of halogens is 2. The molecule has 1 N–H and O–H groups in total.